The monoisotopic (exact) mass is 296 g/mol. The van der Waals surface area contributed by atoms with Crippen molar-refractivity contribution in [2.45, 2.75) is 6.18 Å². The van der Waals surface area contributed by atoms with E-state index in [-0.39, 0.29) is 17.8 Å². The van der Waals surface area contributed by atoms with Crippen LogP contribution in [0.25, 0.3) is 11.9 Å². The number of nitrogen functional groups attached to an aromatic ring is 1. The highest BCUT2D eigenvalue weighted by Crippen LogP contribution is 2.28. The van der Waals surface area contributed by atoms with Crippen molar-refractivity contribution in [3.8, 4) is 11.9 Å². The van der Waals surface area contributed by atoms with Crippen LogP contribution < -0.4 is 5.73 Å². The van der Waals surface area contributed by atoms with Crippen LogP contribution in [-0.4, -0.2) is 34.3 Å². The zero-order chi connectivity index (χ0) is 15.0. The van der Waals surface area contributed by atoms with Gasteiger partial charge in [-0.25, -0.2) is 9.67 Å². The number of nitrogens with zero attached hydrogens (tertiary/aromatic N) is 7. The summed E-state index contributed by atoms with van der Waals surface area (Å²) in [6.07, 6.45) is 1.42. The largest absolute Gasteiger partial charge is 0.419 e. The fourth-order valence-corrected chi connectivity index (χ4v) is 1.54. The maximum absolute atomic E-state index is 12.6. The summed E-state index contributed by atoms with van der Waals surface area (Å²) in [4.78, 5) is 15.4. The van der Waals surface area contributed by atoms with Crippen molar-refractivity contribution in [1.82, 2.24) is 34.3 Å². The molecule has 0 bridgehead atoms. The first kappa shape index (κ1) is 13.0. The molecule has 0 spiro atoms. The number of anilines is 1. The van der Waals surface area contributed by atoms with Gasteiger partial charge in [0.1, 0.15) is 6.33 Å². The molecule has 3 aromatic rings. The first-order valence-electron chi connectivity index (χ1n) is 5.55. The molecule has 3 rings (SSSR count). The zero-order valence-corrected chi connectivity index (χ0v) is 10.2. The lowest BCUT2D eigenvalue weighted by Crippen LogP contribution is -2.11. The van der Waals surface area contributed by atoms with Gasteiger partial charge in [0.25, 0.3) is 5.95 Å². The van der Waals surface area contributed by atoms with Gasteiger partial charge in [0.05, 0.1) is 11.8 Å². The minimum Gasteiger partial charge on any atom is -0.368 e. The fraction of sp³-hybridized carbons (Fsp3) is 0.100. The normalized spacial score (nSPS) is 11.8. The van der Waals surface area contributed by atoms with Crippen LogP contribution in [0.4, 0.5) is 19.1 Å². The van der Waals surface area contributed by atoms with Crippen LogP contribution in [0.3, 0.4) is 0 Å². The Morgan fingerprint density at radius 1 is 1.10 bits per heavy atom. The minimum atomic E-state index is -4.50. The lowest BCUT2D eigenvalue weighted by Gasteiger charge is -2.05. The van der Waals surface area contributed by atoms with Crippen molar-refractivity contribution in [1.29, 1.82) is 0 Å². The summed E-state index contributed by atoms with van der Waals surface area (Å²) in [5, 5.41) is 3.58. The second-order valence-corrected chi connectivity index (χ2v) is 3.93. The van der Waals surface area contributed by atoms with Crippen molar-refractivity contribution in [2.75, 3.05) is 5.73 Å². The molecule has 3 aromatic heterocycles. The maximum atomic E-state index is 12.6. The Bertz CT molecular complexity index is 761. The maximum Gasteiger partial charge on any atom is 0.419 e. The number of nitrogens with two attached hydrogens (primary N) is 1. The third-order valence-corrected chi connectivity index (χ3v) is 2.48. The van der Waals surface area contributed by atoms with Gasteiger partial charge in [0, 0.05) is 18.6 Å². The molecule has 0 atom stereocenters. The Balaban J connectivity index is 2.05. The lowest BCUT2D eigenvalue weighted by atomic mass is 10.4. The average Bonchev–Trinajstić information content (AvgIpc) is 3.09. The van der Waals surface area contributed by atoms with Gasteiger partial charge < -0.3 is 5.73 Å². The minimum absolute atomic E-state index is 0.123. The molecular weight excluding hydrogens is 289 g/mol. The molecule has 3 heterocycles. The van der Waals surface area contributed by atoms with E-state index in [2.05, 4.69) is 25.0 Å². The van der Waals surface area contributed by atoms with E-state index in [9.17, 15) is 13.2 Å². The molecule has 11 heteroatoms. The average molecular weight is 296 g/mol. The molecular formula is C10H7F3N8. The highest BCUT2D eigenvalue weighted by atomic mass is 19.4. The van der Waals surface area contributed by atoms with Crippen molar-refractivity contribution >= 4 is 5.95 Å². The molecule has 2 N–H and O–H groups in total. The molecule has 0 unspecified atom stereocenters. The Kier molecular flexibility index (Phi) is 2.82. The Morgan fingerprint density at radius 2 is 1.86 bits per heavy atom. The third kappa shape index (κ3) is 2.52. The number of rotatable bonds is 2. The lowest BCUT2D eigenvalue weighted by molar-refractivity contribution is -0.137. The molecule has 0 amide bonds. The second-order valence-electron chi connectivity index (χ2n) is 3.93. The molecule has 0 aliphatic heterocycles. The number of aromatic nitrogens is 7. The van der Waals surface area contributed by atoms with Gasteiger partial charge in [-0.2, -0.15) is 33.2 Å². The van der Waals surface area contributed by atoms with E-state index in [1.54, 1.807) is 6.20 Å². The summed E-state index contributed by atoms with van der Waals surface area (Å²) in [6, 6.07) is 0. The van der Waals surface area contributed by atoms with Crippen molar-refractivity contribution in [3.05, 3.63) is 36.7 Å². The highest BCUT2D eigenvalue weighted by Gasteiger charge is 2.32. The van der Waals surface area contributed by atoms with E-state index < -0.39 is 11.7 Å². The molecule has 21 heavy (non-hydrogen) atoms. The first-order valence-corrected chi connectivity index (χ1v) is 5.55. The number of hydrogen-bond acceptors (Lipinski definition) is 6. The topological polar surface area (TPSA) is 100 Å². The van der Waals surface area contributed by atoms with E-state index >= 15 is 0 Å². The molecule has 8 nitrogen and oxygen atoms in total. The van der Waals surface area contributed by atoms with Crippen molar-refractivity contribution in [2.24, 2.45) is 0 Å². The standard InChI is InChI=1S/C10H7F3N8/c11-10(12,13)6-3-16-21(4-6)9-18-7(14)17-8(19-9)20-2-1-15-5-20/h1-5H,(H2,14,17,18,19). The molecule has 0 saturated heterocycles. The number of halogens is 3. The van der Waals surface area contributed by atoms with Gasteiger partial charge in [-0.3, -0.25) is 4.57 Å². The summed E-state index contributed by atoms with van der Waals surface area (Å²) in [5.74, 6) is -0.145. The summed E-state index contributed by atoms with van der Waals surface area (Å²) >= 11 is 0. The van der Waals surface area contributed by atoms with Gasteiger partial charge in [-0.1, -0.05) is 0 Å². The Hall–Kier alpha value is -2.98. The van der Waals surface area contributed by atoms with Crippen LogP contribution in [0, 0.1) is 0 Å². The van der Waals surface area contributed by atoms with Gasteiger partial charge in [-0.05, 0) is 0 Å². The van der Waals surface area contributed by atoms with Crippen molar-refractivity contribution in [3.63, 3.8) is 0 Å². The zero-order valence-electron chi connectivity index (χ0n) is 10.2. The second kappa shape index (κ2) is 4.54. The summed E-state index contributed by atoms with van der Waals surface area (Å²) in [7, 11) is 0. The van der Waals surface area contributed by atoms with Crippen LogP contribution >= 0.6 is 0 Å². The predicted octanol–water partition coefficient (Wildman–Crippen LogP) is 0.844. The van der Waals surface area contributed by atoms with Crippen LogP contribution in [0.15, 0.2) is 31.1 Å². The third-order valence-electron chi connectivity index (χ3n) is 2.48. The van der Waals surface area contributed by atoms with Crippen LogP contribution in [0.5, 0.6) is 0 Å². The van der Waals surface area contributed by atoms with Gasteiger partial charge in [0.15, 0.2) is 0 Å². The van der Waals surface area contributed by atoms with Crippen LogP contribution in [0.1, 0.15) is 5.56 Å². The smallest absolute Gasteiger partial charge is 0.368 e. The molecule has 0 radical (unpaired) electrons. The Labute approximate surface area is 115 Å². The fourth-order valence-electron chi connectivity index (χ4n) is 1.54. The predicted molar refractivity (Wildman–Crippen MR) is 63.5 cm³/mol. The van der Waals surface area contributed by atoms with E-state index in [1.807, 2.05) is 0 Å². The van der Waals surface area contributed by atoms with Crippen LogP contribution in [-0.2, 0) is 6.18 Å². The molecule has 0 aromatic carbocycles. The van der Waals surface area contributed by atoms with E-state index in [4.69, 9.17) is 5.73 Å². The van der Waals surface area contributed by atoms with E-state index in [0.717, 1.165) is 10.9 Å². The summed E-state index contributed by atoms with van der Waals surface area (Å²) < 4.78 is 40.0. The SMILES string of the molecule is Nc1nc(-n2ccnc2)nc(-n2cc(C(F)(F)F)cn2)n1. The number of imidazole rings is 1. The van der Waals surface area contributed by atoms with Gasteiger partial charge in [-0.15, -0.1) is 0 Å². The van der Waals surface area contributed by atoms with E-state index in [0.29, 0.717) is 6.20 Å². The molecule has 108 valence electrons. The van der Waals surface area contributed by atoms with Crippen LogP contribution in [0.2, 0.25) is 0 Å². The summed E-state index contributed by atoms with van der Waals surface area (Å²) in [5.41, 5.74) is 4.62. The van der Waals surface area contributed by atoms with E-state index in [1.165, 1.54) is 17.1 Å². The van der Waals surface area contributed by atoms with Gasteiger partial charge in [0.2, 0.25) is 11.9 Å². The summed E-state index contributed by atoms with van der Waals surface area (Å²) in [6.45, 7) is 0. The molecule has 0 fully saturated rings. The van der Waals surface area contributed by atoms with Gasteiger partial charge >= 0.3 is 6.18 Å². The van der Waals surface area contributed by atoms with Crippen molar-refractivity contribution < 1.29 is 13.2 Å². The molecule has 0 aliphatic carbocycles. The highest BCUT2D eigenvalue weighted by molar-refractivity contribution is 5.29. The molecule has 0 aliphatic rings. The quantitative estimate of drug-likeness (QED) is 0.752. The first-order chi connectivity index (χ1) is 9.93. The number of alkyl halides is 3. The number of hydrogen-bond donors (Lipinski definition) is 1. The molecule has 0 saturated carbocycles. The Morgan fingerprint density at radius 3 is 2.48 bits per heavy atom.